The highest BCUT2D eigenvalue weighted by Gasteiger charge is 2.16. The third-order valence-corrected chi connectivity index (χ3v) is 4.54. The van der Waals surface area contributed by atoms with Gasteiger partial charge in [0.2, 0.25) is 0 Å². The van der Waals surface area contributed by atoms with Crippen molar-refractivity contribution in [2.24, 2.45) is 0 Å². The number of rotatable bonds is 8. The molecule has 0 spiro atoms. The minimum atomic E-state index is -0.216. The average molecular weight is 349 g/mol. The number of aromatic amines is 1. The number of nitrogens with two attached hydrogens (primary N) is 1. The number of nitrogens with one attached hydrogen (secondary N) is 1. The molecule has 2 aromatic heterocycles. The van der Waals surface area contributed by atoms with Crippen LogP contribution >= 0.6 is 0 Å². The third kappa shape index (κ3) is 4.31. The van der Waals surface area contributed by atoms with Crippen LogP contribution in [0, 0.1) is 0 Å². The number of fused-ring (bicyclic) bond motifs is 1. The normalized spacial score (nSPS) is 17.9. The molecule has 3 N–H and O–H groups in total. The lowest BCUT2D eigenvalue weighted by atomic mass is 10.0. The van der Waals surface area contributed by atoms with E-state index in [1.54, 1.807) is 4.57 Å². The number of unbranched alkanes of at least 4 members (excludes halogenated alkanes) is 1. The van der Waals surface area contributed by atoms with Crippen LogP contribution in [0.2, 0.25) is 0 Å². The number of H-pyrrole nitrogens is 1. The van der Waals surface area contributed by atoms with E-state index in [0.717, 1.165) is 45.1 Å². The van der Waals surface area contributed by atoms with Gasteiger partial charge in [-0.25, -0.2) is 4.79 Å². The lowest BCUT2D eigenvalue weighted by molar-refractivity contribution is 0.00952. The first-order valence-electron chi connectivity index (χ1n) is 9.19. The van der Waals surface area contributed by atoms with Crippen LogP contribution in [0.15, 0.2) is 4.79 Å². The van der Waals surface area contributed by atoms with Crippen LogP contribution in [0.5, 0.6) is 6.01 Å². The molecule has 1 atom stereocenters. The summed E-state index contributed by atoms with van der Waals surface area (Å²) >= 11 is 0. The van der Waals surface area contributed by atoms with E-state index in [-0.39, 0.29) is 17.5 Å². The van der Waals surface area contributed by atoms with Crippen molar-refractivity contribution < 1.29 is 9.47 Å². The monoisotopic (exact) mass is 349 g/mol. The molecular formula is C17H27N5O3. The molecule has 1 fully saturated rings. The van der Waals surface area contributed by atoms with Gasteiger partial charge in [-0.2, -0.15) is 9.97 Å². The zero-order valence-corrected chi connectivity index (χ0v) is 14.8. The molecule has 3 heterocycles. The van der Waals surface area contributed by atoms with Gasteiger partial charge >= 0.3 is 11.7 Å². The number of aromatic nitrogens is 4. The van der Waals surface area contributed by atoms with Crippen molar-refractivity contribution in [3.63, 3.8) is 0 Å². The Morgan fingerprint density at radius 3 is 3.00 bits per heavy atom. The summed E-state index contributed by atoms with van der Waals surface area (Å²) in [6, 6.07) is 0.224. The van der Waals surface area contributed by atoms with Crippen molar-refractivity contribution in [2.75, 3.05) is 18.9 Å². The zero-order chi connectivity index (χ0) is 17.6. The molecule has 1 aliphatic rings. The van der Waals surface area contributed by atoms with E-state index in [1.807, 2.05) is 0 Å². The summed E-state index contributed by atoms with van der Waals surface area (Å²) in [5.41, 5.74) is 6.72. The molecule has 1 saturated heterocycles. The molecule has 0 bridgehead atoms. The van der Waals surface area contributed by atoms with Gasteiger partial charge in [-0.05, 0) is 38.5 Å². The Kier molecular flexibility index (Phi) is 5.91. The molecule has 1 unspecified atom stereocenters. The van der Waals surface area contributed by atoms with E-state index in [4.69, 9.17) is 15.2 Å². The average Bonchev–Trinajstić information content (AvgIpc) is 2.93. The maximum absolute atomic E-state index is 12.3. The fourth-order valence-corrected chi connectivity index (χ4v) is 3.12. The van der Waals surface area contributed by atoms with Gasteiger partial charge in [0.1, 0.15) is 5.52 Å². The maximum Gasteiger partial charge on any atom is 0.327 e. The van der Waals surface area contributed by atoms with Crippen LogP contribution in [0.3, 0.4) is 0 Å². The Morgan fingerprint density at radius 2 is 2.24 bits per heavy atom. The number of anilines is 1. The Balaban J connectivity index is 1.72. The van der Waals surface area contributed by atoms with Gasteiger partial charge in [-0.15, -0.1) is 0 Å². The molecule has 1 aliphatic heterocycles. The van der Waals surface area contributed by atoms with Gasteiger partial charge in [0, 0.05) is 13.2 Å². The molecule has 25 heavy (non-hydrogen) atoms. The highest BCUT2D eigenvalue weighted by atomic mass is 16.5. The summed E-state index contributed by atoms with van der Waals surface area (Å²) in [4.78, 5) is 23.5. The van der Waals surface area contributed by atoms with Crippen molar-refractivity contribution in [1.29, 1.82) is 0 Å². The van der Waals surface area contributed by atoms with Crippen LogP contribution in [0.1, 0.15) is 51.9 Å². The Hall–Kier alpha value is -2.09. The number of hydrogen-bond acceptors (Lipinski definition) is 6. The van der Waals surface area contributed by atoms with Crippen molar-refractivity contribution in [3.8, 4) is 6.01 Å². The van der Waals surface area contributed by atoms with Crippen LogP contribution in [0.25, 0.3) is 11.2 Å². The van der Waals surface area contributed by atoms with Crippen LogP contribution < -0.4 is 16.2 Å². The van der Waals surface area contributed by atoms with E-state index < -0.39 is 0 Å². The molecule has 8 heteroatoms. The van der Waals surface area contributed by atoms with E-state index >= 15 is 0 Å². The SMILES string of the molecule is CCCCOc1nc(N)c2[nH]c(=O)n(CCCC3CCCCO3)c2n1. The number of aryl methyl sites for hydroxylation is 1. The summed E-state index contributed by atoms with van der Waals surface area (Å²) in [7, 11) is 0. The predicted octanol–water partition coefficient (Wildman–Crippen LogP) is 2.23. The third-order valence-electron chi connectivity index (χ3n) is 4.54. The maximum atomic E-state index is 12.3. The fraction of sp³-hybridized carbons (Fsp3) is 0.706. The van der Waals surface area contributed by atoms with Gasteiger partial charge < -0.3 is 20.2 Å². The summed E-state index contributed by atoms with van der Waals surface area (Å²) in [5.74, 6) is 0.239. The van der Waals surface area contributed by atoms with E-state index in [0.29, 0.717) is 30.4 Å². The van der Waals surface area contributed by atoms with Crippen LogP contribution in [-0.4, -0.2) is 38.8 Å². The second kappa shape index (κ2) is 8.33. The number of imidazole rings is 1. The van der Waals surface area contributed by atoms with Crippen molar-refractivity contribution in [1.82, 2.24) is 19.5 Å². The van der Waals surface area contributed by atoms with Gasteiger partial charge in [0.15, 0.2) is 11.5 Å². The zero-order valence-electron chi connectivity index (χ0n) is 14.8. The summed E-state index contributed by atoms with van der Waals surface area (Å²) in [5, 5.41) is 0. The largest absolute Gasteiger partial charge is 0.463 e. The minimum Gasteiger partial charge on any atom is -0.463 e. The van der Waals surface area contributed by atoms with Gasteiger partial charge in [-0.1, -0.05) is 13.3 Å². The summed E-state index contributed by atoms with van der Waals surface area (Å²) in [6.07, 6.45) is 7.52. The number of nitrogen functional groups attached to an aromatic ring is 1. The van der Waals surface area contributed by atoms with E-state index in [9.17, 15) is 4.79 Å². The Morgan fingerprint density at radius 1 is 1.36 bits per heavy atom. The number of nitrogens with zero attached hydrogens (tertiary/aromatic N) is 3. The number of hydrogen-bond donors (Lipinski definition) is 2. The Bertz CT molecular complexity index is 749. The first-order chi connectivity index (χ1) is 12.2. The first kappa shape index (κ1) is 17.7. The summed E-state index contributed by atoms with van der Waals surface area (Å²) in [6.45, 7) is 4.04. The van der Waals surface area contributed by atoms with E-state index in [2.05, 4.69) is 21.9 Å². The highest BCUT2D eigenvalue weighted by Crippen LogP contribution is 2.20. The second-order valence-corrected chi connectivity index (χ2v) is 6.50. The molecule has 2 aromatic rings. The molecule has 8 nitrogen and oxygen atoms in total. The van der Waals surface area contributed by atoms with E-state index in [1.165, 1.54) is 6.42 Å². The Labute approximate surface area is 146 Å². The molecule has 0 aliphatic carbocycles. The lowest BCUT2D eigenvalue weighted by Crippen LogP contribution is -2.21. The molecule has 0 amide bonds. The molecule has 138 valence electrons. The molecule has 3 rings (SSSR count). The van der Waals surface area contributed by atoms with Gasteiger partial charge in [0.25, 0.3) is 0 Å². The highest BCUT2D eigenvalue weighted by molar-refractivity contribution is 5.81. The molecule has 0 saturated carbocycles. The van der Waals surface area contributed by atoms with Crippen molar-refractivity contribution in [2.45, 2.75) is 64.5 Å². The number of ether oxygens (including phenoxy) is 2. The quantitative estimate of drug-likeness (QED) is 0.708. The molecular weight excluding hydrogens is 322 g/mol. The van der Waals surface area contributed by atoms with Crippen molar-refractivity contribution >= 4 is 17.0 Å². The van der Waals surface area contributed by atoms with Crippen LogP contribution in [0.4, 0.5) is 5.82 Å². The van der Waals surface area contributed by atoms with Crippen molar-refractivity contribution in [3.05, 3.63) is 10.5 Å². The standard InChI is InChI=1S/C17H27N5O3/c1-2-3-10-25-16-20-14(18)13-15(21-16)22(17(23)19-13)9-6-8-12-7-4-5-11-24-12/h12H,2-11H2,1H3,(H,19,23)(H2,18,20,21). The summed E-state index contributed by atoms with van der Waals surface area (Å²) < 4.78 is 12.9. The predicted molar refractivity (Wildman–Crippen MR) is 95.8 cm³/mol. The van der Waals surface area contributed by atoms with Gasteiger partial charge in [0.05, 0.1) is 12.7 Å². The lowest BCUT2D eigenvalue weighted by Gasteiger charge is -2.22. The molecule has 0 aromatic carbocycles. The fourth-order valence-electron chi connectivity index (χ4n) is 3.12. The van der Waals surface area contributed by atoms with Crippen LogP contribution in [-0.2, 0) is 11.3 Å². The second-order valence-electron chi connectivity index (χ2n) is 6.50. The topological polar surface area (TPSA) is 108 Å². The smallest absolute Gasteiger partial charge is 0.327 e. The minimum absolute atomic E-state index is 0.216. The first-order valence-corrected chi connectivity index (χ1v) is 9.19. The van der Waals surface area contributed by atoms with Gasteiger partial charge in [-0.3, -0.25) is 4.57 Å². The molecule has 0 radical (unpaired) electrons.